The second-order valence-corrected chi connectivity index (χ2v) is 11.8. The van der Waals surface area contributed by atoms with Gasteiger partial charge in [-0.2, -0.15) is 4.98 Å². The van der Waals surface area contributed by atoms with Gasteiger partial charge in [0.25, 0.3) is 0 Å². The normalized spacial score (nSPS) is 11.9. The average molecular weight is 621 g/mol. The molecular weight excluding hydrogens is 583 g/mol. The van der Waals surface area contributed by atoms with Gasteiger partial charge >= 0.3 is 25.6 Å². The predicted octanol–water partition coefficient (Wildman–Crippen LogP) is 6.43. The highest BCUT2D eigenvalue weighted by Gasteiger charge is 2.33. The Balaban J connectivity index is 1.68. The lowest BCUT2D eigenvalue weighted by Gasteiger charge is -2.17. The van der Waals surface area contributed by atoms with Crippen molar-refractivity contribution >= 4 is 31.0 Å². The van der Waals surface area contributed by atoms with E-state index in [0.717, 1.165) is 18.4 Å². The average Bonchev–Trinajstić information content (AvgIpc) is 3.33. The summed E-state index contributed by atoms with van der Waals surface area (Å²) < 4.78 is 49.6. The highest BCUT2D eigenvalue weighted by atomic mass is 31.2. The number of fused-ring (bicyclic) bond motifs is 1. The van der Waals surface area contributed by atoms with Crippen molar-refractivity contribution < 1.29 is 46.6 Å². The van der Waals surface area contributed by atoms with Crippen molar-refractivity contribution in [2.45, 2.75) is 66.2 Å². The summed E-state index contributed by atoms with van der Waals surface area (Å²) in [5.41, 5.74) is 1.70. The molecule has 3 aromatic rings. The third-order valence-electron chi connectivity index (χ3n) is 5.64. The van der Waals surface area contributed by atoms with Crippen molar-refractivity contribution in [1.29, 1.82) is 0 Å². The molecule has 2 heterocycles. The monoisotopic (exact) mass is 620 g/mol. The van der Waals surface area contributed by atoms with Gasteiger partial charge in [0.05, 0.1) is 23.8 Å². The van der Waals surface area contributed by atoms with Crippen LogP contribution in [0.15, 0.2) is 57.9 Å². The number of carbonyl (C=O) groups excluding carboxylic acids is 2. The van der Waals surface area contributed by atoms with Crippen LogP contribution < -0.4 is 5.69 Å². The first-order valence-corrected chi connectivity index (χ1v) is 15.5. The maximum Gasteiger partial charge on any atom is 0.517 e. The molecule has 0 aliphatic carbocycles. The van der Waals surface area contributed by atoms with E-state index >= 15 is 0 Å². The Hall–Kier alpha value is -3.93. The van der Waals surface area contributed by atoms with E-state index in [2.05, 4.69) is 11.9 Å². The number of rotatable bonds is 15. The van der Waals surface area contributed by atoms with E-state index in [-0.39, 0.29) is 24.5 Å². The summed E-state index contributed by atoms with van der Waals surface area (Å²) >= 11 is 0. The molecule has 0 aliphatic heterocycles. The third-order valence-corrected chi connectivity index (χ3v) is 7.15. The van der Waals surface area contributed by atoms with Crippen LogP contribution in [0.5, 0.6) is 0 Å². The van der Waals surface area contributed by atoms with Crippen molar-refractivity contribution in [3.8, 4) is 11.3 Å². The van der Waals surface area contributed by atoms with Gasteiger partial charge in [-0.05, 0) is 45.7 Å². The first-order chi connectivity index (χ1) is 20.5. The zero-order valence-electron chi connectivity index (χ0n) is 24.8. The zero-order chi connectivity index (χ0) is 31.4. The van der Waals surface area contributed by atoms with Crippen molar-refractivity contribution in [3.05, 3.63) is 64.7 Å². The molecule has 0 fully saturated rings. The van der Waals surface area contributed by atoms with Crippen LogP contribution in [0, 0.1) is 0 Å². The lowest BCUT2D eigenvalue weighted by Crippen LogP contribution is -2.21. The molecule has 0 atom stereocenters. The van der Waals surface area contributed by atoms with Crippen LogP contribution in [0.3, 0.4) is 0 Å². The molecule has 14 heteroatoms. The number of benzene rings is 1. The molecule has 0 bridgehead atoms. The van der Waals surface area contributed by atoms with Crippen molar-refractivity contribution in [2.75, 3.05) is 19.7 Å². The van der Waals surface area contributed by atoms with Gasteiger partial charge in [0, 0.05) is 18.3 Å². The Morgan fingerprint density at radius 2 is 1.58 bits per heavy atom. The van der Waals surface area contributed by atoms with Crippen molar-refractivity contribution in [2.24, 2.45) is 0 Å². The van der Waals surface area contributed by atoms with Gasteiger partial charge in [-0.25, -0.2) is 18.9 Å². The molecule has 0 aliphatic rings. The number of aryl methyl sites for hydroxylation is 1. The minimum absolute atomic E-state index is 0.0212. The number of ether oxygens (including phenoxy) is 4. The van der Waals surface area contributed by atoms with E-state index in [1.165, 1.54) is 22.3 Å². The smallest absolute Gasteiger partial charge is 0.437 e. The fourth-order valence-electron chi connectivity index (χ4n) is 3.55. The quantitative estimate of drug-likeness (QED) is 0.0796. The van der Waals surface area contributed by atoms with E-state index in [9.17, 15) is 18.9 Å². The molecule has 0 spiro atoms. The second kappa shape index (κ2) is 16.1. The number of hydrogen-bond donors (Lipinski definition) is 0. The summed E-state index contributed by atoms with van der Waals surface area (Å²) in [5, 5.41) is 0.607. The first kappa shape index (κ1) is 33.6. The van der Waals surface area contributed by atoms with Gasteiger partial charge in [-0.15, -0.1) is 0 Å². The fourth-order valence-corrected chi connectivity index (χ4v) is 4.70. The Bertz CT molecular complexity index is 1460. The largest absolute Gasteiger partial charge is 0.517 e. The van der Waals surface area contributed by atoms with Crippen LogP contribution in [-0.4, -0.2) is 53.8 Å². The number of hydrogen-bond acceptors (Lipinski definition) is 12. The predicted molar refractivity (Wildman–Crippen MR) is 157 cm³/mol. The van der Waals surface area contributed by atoms with E-state index in [0.29, 0.717) is 11.1 Å². The summed E-state index contributed by atoms with van der Waals surface area (Å²) in [7, 11) is -4.44. The minimum Gasteiger partial charge on any atom is -0.437 e. The molecule has 0 unspecified atom stereocenters. The van der Waals surface area contributed by atoms with E-state index < -0.39 is 45.3 Å². The molecule has 43 heavy (non-hydrogen) atoms. The van der Waals surface area contributed by atoms with Crippen LogP contribution in [0.1, 0.15) is 46.6 Å². The lowest BCUT2D eigenvalue weighted by atomic mass is 10.1. The molecule has 234 valence electrons. The van der Waals surface area contributed by atoms with Gasteiger partial charge in [-0.3, -0.25) is 4.57 Å². The second-order valence-electron chi connectivity index (χ2n) is 9.90. The summed E-state index contributed by atoms with van der Waals surface area (Å²) in [6.07, 6.45) is 2.67. The number of nitrogens with zero attached hydrogens (tertiary/aromatic N) is 2. The SMILES string of the molecule is CCCc1ccc(-c2cc3cn(C/C=C/CP(=O)(OC(=O)OCOC(C)C)OC(=O)OCOC(C)C)c(=O)nc3o2)cc1. The molecule has 0 saturated heterocycles. The number of carbonyl (C=O) groups is 2. The minimum atomic E-state index is -4.44. The van der Waals surface area contributed by atoms with E-state index in [1.54, 1.807) is 40.0 Å². The highest BCUT2D eigenvalue weighted by molar-refractivity contribution is 7.55. The van der Waals surface area contributed by atoms with Crippen LogP contribution in [0.4, 0.5) is 9.59 Å². The highest BCUT2D eigenvalue weighted by Crippen LogP contribution is 2.49. The van der Waals surface area contributed by atoms with E-state index in [1.807, 2.05) is 24.3 Å². The first-order valence-electron chi connectivity index (χ1n) is 13.8. The Kier molecular flexibility index (Phi) is 12.5. The summed E-state index contributed by atoms with van der Waals surface area (Å²) in [6.45, 7) is 8.10. The standard InChI is InChI=1S/C29H37N2O11P/c1-6-9-22-10-12-23(13-11-22)25-16-24-17-31(27(32)30-26(24)40-25)14-7-8-15-43(35,41-28(33)38-18-36-20(2)3)42-29(34)39-19-37-21(4)5/h7-8,10-13,16-17,20-21H,6,9,14-15,18-19H2,1-5H3/b8-7+. The number of furan rings is 1. The van der Waals surface area contributed by atoms with Crippen molar-refractivity contribution in [3.63, 3.8) is 0 Å². The third kappa shape index (κ3) is 11.0. The topological polar surface area (TPSA) is 155 Å². The summed E-state index contributed by atoms with van der Waals surface area (Å²) in [6, 6.07) is 9.78. The Morgan fingerprint density at radius 3 is 2.14 bits per heavy atom. The maximum atomic E-state index is 13.2. The Labute approximate surface area is 249 Å². The zero-order valence-corrected chi connectivity index (χ0v) is 25.7. The van der Waals surface area contributed by atoms with Gasteiger partial charge in [-0.1, -0.05) is 49.8 Å². The summed E-state index contributed by atoms with van der Waals surface area (Å²) in [5.74, 6) is 0.574. The Morgan fingerprint density at radius 1 is 0.977 bits per heavy atom. The molecule has 0 saturated carbocycles. The van der Waals surface area contributed by atoms with Gasteiger partial charge < -0.3 is 32.4 Å². The molecule has 13 nitrogen and oxygen atoms in total. The van der Waals surface area contributed by atoms with Crippen LogP contribution in [0.2, 0.25) is 0 Å². The number of allylic oxidation sites excluding steroid dienone is 2. The molecule has 3 rings (SSSR count). The van der Waals surface area contributed by atoms with Gasteiger partial charge in [0.2, 0.25) is 5.71 Å². The summed E-state index contributed by atoms with van der Waals surface area (Å²) in [4.78, 5) is 40.7. The van der Waals surface area contributed by atoms with Gasteiger partial charge in [0.1, 0.15) is 5.76 Å². The van der Waals surface area contributed by atoms with E-state index in [4.69, 9.17) is 32.4 Å². The molecule has 2 aromatic heterocycles. The fraction of sp³-hybridized carbons (Fsp3) is 0.448. The number of aromatic nitrogens is 2. The van der Waals surface area contributed by atoms with Crippen LogP contribution in [-0.2, 0) is 45.5 Å². The molecular formula is C29H37N2O11P. The molecule has 0 N–H and O–H groups in total. The molecule has 0 radical (unpaired) electrons. The lowest BCUT2D eigenvalue weighted by molar-refractivity contribution is -0.0602. The molecule has 0 amide bonds. The maximum absolute atomic E-state index is 13.2. The molecule has 1 aromatic carbocycles. The van der Waals surface area contributed by atoms with Gasteiger partial charge in [0.15, 0.2) is 13.6 Å². The van der Waals surface area contributed by atoms with Crippen LogP contribution in [0.25, 0.3) is 22.4 Å². The van der Waals surface area contributed by atoms with Crippen LogP contribution >= 0.6 is 7.60 Å². The van der Waals surface area contributed by atoms with Crippen molar-refractivity contribution in [1.82, 2.24) is 9.55 Å².